The number of nitrogens with two attached hydrogens (primary N) is 1. The van der Waals surface area contributed by atoms with Crippen LogP contribution in [-0.2, 0) is 14.3 Å². The third kappa shape index (κ3) is 3.77. The molecule has 4 atom stereocenters. The smallest absolute Gasteiger partial charge is 0.410 e. The van der Waals surface area contributed by atoms with Crippen LogP contribution >= 0.6 is 0 Å². The maximum Gasteiger partial charge on any atom is 0.410 e. The number of likely N-dealkylation sites (tertiary alicyclic amines) is 1. The molecule has 0 aromatic carbocycles. The number of allylic oxidation sites excluding steroid dienone is 2. The summed E-state index contributed by atoms with van der Waals surface area (Å²) in [4.78, 5) is 46.9. The van der Waals surface area contributed by atoms with E-state index in [-0.39, 0.29) is 54.7 Å². The first-order valence-electron chi connectivity index (χ1n) is 10.7. The molecular weight excluding hydrogens is 386 g/mol. The Bertz CT molecular complexity index is 764. The van der Waals surface area contributed by atoms with Crippen molar-refractivity contribution in [2.24, 2.45) is 34.4 Å². The van der Waals surface area contributed by atoms with Crippen molar-refractivity contribution in [3.63, 3.8) is 0 Å². The number of carbonyl (C=O) groups excluding carboxylic acids is 3. The van der Waals surface area contributed by atoms with Crippen LogP contribution in [0.15, 0.2) is 17.1 Å². The molecule has 2 saturated heterocycles. The lowest BCUT2D eigenvalue weighted by Crippen LogP contribution is -2.53. The van der Waals surface area contributed by atoms with Crippen LogP contribution in [0.3, 0.4) is 0 Å². The molecule has 9 heteroatoms. The summed E-state index contributed by atoms with van der Waals surface area (Å²) in [6.07, 6.45) is 4.79. The lowest BCUT2D eigenvalue weighted by atomic mass is 9.85. The fourth-order valence-corrected chi connectivity index (χ4v) is 4.99. The van der Waals surface area contributed by atoms with Gasteiger partial charge in [0.15, 0.2) is 5.96 Å². The number of guanidine groups is 1. The van der Waals surface area contributed by atoms with Gasteiger partial charge in [0.05, 0.1) is 18.4 Å². The molecule has 9 nitrogen and oxygen atoms in total. The van der Waals surface area contributed by atoms with E-state index >= 15 is 0 Å². The van der Waals surface area contributed by atoms with Gasteiger partial charge < -0.3 is 20.3 Å². The summed E-state index contributed by atoms with van der Waals surface area (Å²) < 4.78 is 5.40. The molecule has 3 amide bonds. The fraction of sp³-hybridized carbons (Fsp3) is 0.714. The van der Waals surface area contributed by atoms with Crippen molar-refractivity contribution in [3.8, 4) is 0 Å². The monoisotopic (exact) mass is 417 g/mol. The Labute approximate surface area is 176 Å². The summed E-state index contributed by atoms with van der Waals surface area (Å²) in [5.74, 6) is 0.361. The van der Waals surface area contributed by atoms with Gasteiger partial charge in [0.25, 0.3) is 0 Å². The van der Waals surface area contributed by atoms with E-state index < -0.39 is 5.60 Å². The number of rotatable bonds is 3. The van der Waals surface area contributed by atoms with Crippen LogP contribution in [0.25, 0.3) is 0 Å². The third-order valence-electron chi connectivity index (χ3n) is 6.41. The first-order valence-corrected chi connectivity index (χ1v) is 10.7. The molecule has 2 heterocycles. The Hall–Kier alpha value is -2.58. The molecule has 164 valence electrons. The topological polar surface area (TPSA) is 109 Å². The second-order valence-corrected chi connectivity index (χ2v) is 9.52. The summed E-state index contributed by atoms with van der Waals surface area (Å²) in [5, 5.41) is 0. The molecule has 4 unspecified atom stereocenters. The van der Waals surface area contributed by atoms with E-state index in [2.05, 4.69) is 17.1 Å². The van der Waals surface area contributed by atoms with Gasteiger partial charge in [-0.1, -0.05) is 12.2 Å². The zero-order valence-electron chi connectivity index (χ0n) is 17.9. The van der Waals surface area contributed by atoms with Gasteiger partial charge in [0.2, 0.25) is 11.8 Å². The molecule has 0 aromatic heterocycles. The Morgan fingerprint density at radius 3 is 2.13 bits per heavy atom. The highest BCUT2D eigenvalue weighted by atomic mass is 16.6. The van der Waals surface area contributed by atoms with E-state index in [0.29, 0.717) is 32.1 Å². The largest absolute Gasteiger partial charge is 0.444 e. The lowest BCUT2D eigenvalue weighted by Gasteiger charge is -2.36. The summed E-state index contributed by atoms with van der Waals surface area (Å²) >= 11 is 0. The number of carbonyl (C=O) groups is 3. The minimum absolute atomic E-state index is 0.0541. The average molecular weight is 418 g/mol. The number of amides is 3. The second kappa shape index (κ2) is 7.59. The van der Waals surface area contributed by atoms with Crippen molar-refractivity contribution in [1.82, 2.24) is 14.7 Å². The van der Waals surface area contributed by atoms with E-state index in [4.69, 9.17) is 10.5 Å². The van der Waals surface area contributed by atoms with Crippen LogP contribution in [0, 0.1) is 23.7 Å². The maximum absolute atomic E-state index is 12.7. The van der Waals surface area contributed by atoms with Gasteiger partial charge in [-0.3, -0.25) is 19.5 Å². The van der Waals surface area contributed by atoms with Crippen molar-refractivity contribution in [3.05, 3.63) is 12.2 Å². The van der Waals surface area contributed by atoms with Crippen molar-refractivity contribution in [2.45, 2.75) is 32.8 Å². The van der Waals surface area contributed by atoms with Crippen molar-refractivity contribution >= 4 is 23.9 Å². The molecule has 4 aliphatic rings. The molecule has 3 fully saturated rings. The van der Waals surface area contributed by atoms with Crippen LogP contribution in [-0.4, -0.2) is 83.4 Å². The zero-order valence-corrected chi connectivity index (χ0v) is 17.9. The van der Waals surface area contributed by atoms with Crippen molar-refractivity contribution in [2.75, 3.05) is 39.3 Å². The molecule has 30 heavy (non-hydrogen) atoms. The normalized spacial score (nSPS) is 31.0. The molecule has 2 aliphatic carbocycles. The molecular formula is C21H31N5O4. The minimum atomic E-state index is -0.521. The number of aliphatic imine (C=N–C) groups is 1. The Balaban J connectivity index is 1.25. The Morgan fingerprint density at radius 2 is 1.60 bits per heavy atom. The number of piperazine rings is 1. The zero-order chi connectivity index (χ0) is 21.6. The summed E-state index contributed by atoms with van der Waals surface area (Å²) in [6.45, 7) is 8.23. The van der Waals surface area contributed by atoms with E-state index in [9.17, 15) is 14.4 Å². The van der Waals surface area contributed by atoms with E-state index in [1.807, 2.05) is 25.7 Å². The van der Waals surface area contributed by atoms with Gasteiger partial charge >= 0.3 is 6.09 Å². The molecule has 2 bridgehead atoms. The Morgan fingerprint density at radius 1 is 1.07 bits per heavy atom. The summed E-state index contributed by atoms with van der Waals surface area (Å²) in [5.41, 5.74) is 5.59. The van der Waals surface area contributed by atoms with Crippen LogP contribution in [0.5, 0.6) is 0 Å². The van der Waals surface area contributed by atoms with E-state index in [1.54, 1.807) is 4.90 Å². The van der Waals surface area contributed by atoms with E-state index in [1.165, 1.54) is 4.90 Å². The van der Waals surface area contributed by atoms with Crippen molar-refractivity contribution < 1.29 is 19.1 Å². The van der Waals surface area contributed by atoms with Crippen LogP contribution in [0.4, 0.5) is 4.79 Å². The molecule has 0 aromatic rings. The highest BCUT2D eigenvalue weighted by Crippen LogP contribution is 2.52. The molecule has 2 aliphatic heterocycles. The molecule has 2 N–H and O–H groups in total. The summed E-state index contributed by atoms with van der Waals surface area (Å²) in [7, 11) is 0. The van der Waals surface area contributed by atoms with Gasteiger partial charge in [0.1, 0.15) is 5.60 Å². The number of ether oxygens (including phenoxy) is 1. The predicted molar refractivity (Wildman–Crippen MR) is 110 cm³/mol. The van der Waals surface area contributed by atoms with Gasteiger partial charge in [-0.25, -0.2) is 4.79 Å². The first-order chi connectivity index (χ1) is 14.2. The summed E-state index contributed by atoms with van der Waals surface area (Å²) in [6, 6.07) is 0. The molecule has 0 radical (unpaired) electrons. The van der Waals surface area contributed by atoms with Gasteiger partial charge in [-0.2, -0.15) is 0 Å². The maximum atomic E-state index is 12.7. The van der Waals surface area contributed by atoms with Crippen LogP contribution < -0.4 is 5.73 Å². The number of hydrogen-bond acceptors (Lipinski definition) is 5. The second-order valence-electron chi connectivity index (χ2n) is 9.52. The highest BCUT2D eigenvalue weighted by Gasteiger charge is 2.58. The molecule has 4 rings (SSSR count). The average Bonchev–Trinajstić information content (AvgIpc) is 3.36. The van der Waals surface area contributed by atoms with Gasteiger partial charge in [-0.05, 0) is 39.0 Å². The number of fused-ring (bicyclic) bond motifs is 5. The quantitative estimate of drug-likeness (QED) is 0.313. The molecule has 0 spiro atoms. The first kappa shape index (κ1) is 20.7. The predicted octanol–water partition coefficient (Wildman–Crippen LogP) is 0.661. The third-order valence-corrected chi connectivity index (χ3v) is 6.41. The van der Waals surface area contributed by atoms with Gasteiger partial charge in [-0.15, -0.1) is 0 Å². The van der Waals surface area contributed by atoms with E-state index in [0.717, 1.165) is 6.42 Å². The number of hydrogen-bond donors (Lipinski definition) is 1. The van der Waals surface area contributed by atoms with Gasteiger partial charge in [0, 0.05) is 32.7 Å². The molecule has 1 saturated carbocycles. The highest BCUT2D eigenvalue weighted by molar-refractivity contribution is 6.06. The minimum Gasteiger partial charge on any atom is -0.444 e. The van der Waals surface area contributed by atoms with Crippen LogP contribution in [0.1, 0.15) is 27.2 Å². The van der Waals surface area contributed by atoms with Crippen molar-refractivity contribution in [1.29, 1.82) is 0 Å². The Kier molecular flexibility index (Phi) is 5.23. The lowest BCUT2D eigenvalue weighted by molar-refractivity contribution is -0.140. The SMILES string of the molecule is CC(C)(C)OC(=O)N1CCN(C(N)=NCCN2C(=O)C3C4C=CC(C4)C3C2=O)CC1. The van der Waals surface area contributed by atoms with Crippen LogP contribution in [0.2, 0.25) is 0 Å². The number of nitrogens with zero attached hydrogens (tertiary/aromatic N) is 4. The standard InChI is InChI=1S/C21H31N5O4/c1-21(2,3)30-20(29)25-10-8-24(9-11-25)19(22)23-6-7-26-17(27)15-13-4-5-14(12-13)16(15)18(26)28/h4-5,13-16H,6-12H2,1-3H3,(H2,22,23). The number of imide groups is 1. The fourth-order valence-electron chi connectivity index (χ4n) is 4.99.